The van der Waals surface area contributed by atoms with Gasteiger partial charge in [0.05, 0.1) is 6.61 Å². The van der Waals surface area contributed by atoms with Crippen LogP contribution in [-0.2, 0) is 13.0 Å². The zero-order chi connectivity index (χ0) is 21.7. The molecule has 0 saturated carbocycles. The Morgan fingerprint density at radius 2 is 1.63 bits per heavy atom. The molecular weight excluding hydrogens is 392 g/mol. The molecular formula is C25H27N2O2S+. The van der Waals surface area contributed by atoms with E-state index in [1.54, 1.807) is 10.8 Å². The Labute approximate surface area is 183 Å². The van der Waals surface area contributed by atoms with Crippen molar-refractivity contribution >= 4 is 34.3 Å². The lowest BCUT2D eigenvalue weighted by molar-refractivity contribution is -0.576. The Hall–Kier alpha value is -3.02. The molecule has 3 rings (SSSR count). The number of anilines is 1. The van der Waals surface area contributed by atoms with Gasteiger partial charge in [-0.05, 0) is 43.0 Å². The highest BCUT2D eigenvalue weighted by Crippen LogP contribution is 2.23. The highest BCUT2D eigenvalue weighted by molar-refractivity contribution is 7.81. The first kappa shape index (κ1) is 21.7. The Balaban J connectivity index is 2.12. The molecule has 0 aliphatic rings. The molecule has 0 aliphatic heterocycles. The summed E-state index contributed by atoms with van der Waals surface area (Å²) in [6.07, 6.45) is 4.51. The lowest BCUT2D eigenvalue weighted by atomic mass is 10.1. The van der Waals surface area contributed by atoms with E-state index >= 15 is 0 Å². The normalized spacial score (nSPS) is 11.7. The number of rotatable bonds is 6. The van der Waals surface area contributed by atoms with Crippen LogP contribution in [0.1, 0.15) is 34.7 Å². The number of pyridine rings is 1. The maximum absolute atomic E-state index is 11.2. The number of thiocarbonyl (C=S) groups is 1. The van der Waals surface area contributed by atoms with Crippen molar-refractivity contribution in [2.45, 2.75) is 33.8 Å². The SMILES string of the molecule is CCc1ccc(C(O)=C(C(=S)Nc2c(C)cccc2C)[n+]2cccc(CO)c2)cc1. The molecule has 0 aliphatic carbocycles. The molecule has 3 aromatic rings. The number of aryl methyl sites for hydroxylation is 3. The Morgan fingerprint density at radius 1 is 0.967 bits per heavy atom. The van der Waals surface area contributed by atoms with Crippen molar-refractivity contribution in [3.8, 4) is 0 Å². The number of hydrogen-bond acceptors (Lipinski definition) is 3. The highest BCUT2D eigenvalue weighted by atomic mass is 32.1. The van der Waals surface area contributed by atoms with Crippen molar-refractivity contribution in [2.24, 2.45) is 0 Å². The van der Waals surface area contributed by atoms with Crippen LogP contribution in [0.4, 0.5) is 5.69 Å². The van der Waals surface area contributed by atoms with Crippen LogP contribution < -0.4 is 9.88 Å². The van der Waals surface area contributed by atoms with Crippen LogP contribution in [0.15, 0.2) is 67.0 Å². The van der Waals surface area contributed by atoms with Crippen molar-refractivity contribution in [1.82, 2.24) is 0 Å². The van der Waals surface area contributed by atoms with Gasteiger partial charge in [-0.15, -0.1) is 0 Å². The Kier molecular flexibility index (Phi) is 6.98. The third-order valence-corrected chi connectivity index (χ3v) is 5.39. The van der Waals surface area contributed by atoms with Crippen LogP contribution in [0, 0.1) is 13.8 Å². The predicted molar refractivity (Wildman–Crippen MR) is 126 cm³/mol. The van der Waals surface area contributed by atoms with Gasteiger partial charge in [0, 0.05) is 22.9 Å². The van der Waals surface area contributed by atoms with E-state index in [9.17, 15) is 10.2 Å². The van der Waals surface area contributed by atoms with Gasteiger partial charge in [-0.1, -0.05) is 61.6 Å². The fraction of sp³-hybridized carbons (Fsp3) is 0.200. The third kappa shape index (κ3) is 4.75. The first-order chi connectivity index (χ1) is 14.4. The summed E-state index contributed by atoms with van der Waals surface area (Å²) in [7, 11) is 0. The number of aromatic nitrogens is 1. The molecule has 0 unspecified atom stereocenters. The highest BCUT2D eigenvalue weighted by Gasteiger charge is 2.25. The number of hydrogen-bond donors (Lipinski definition) is 3. The first-order valence-electron chi connectivity index (χ1n) is 9.96. The van der Waals surface area contributed by atoms with Gasteiger partial charge in [-0.25, -0.2) is 0 Å². The molecule has 2 aromatic carbocycles. The quantitative estimate of drug-likeness (QED) is 0.229. The summed E-state index contributed by atoms with van der Waals surface area (Å²) >= 11 is 5.75. The minimum Gasteiger partial charge on any atom is -0.502 e. The molecule has 0 atom stereocenters. The van der Waals surface area contributed by atoms with E-state index in [1.165, 1.54) is 5.56 Å². The second-order valence-corrected chi connectivity index (χ2v) is 7.65. The van der Waals surface area contributed by atoms with E-state index in [1.807, 2.05) is 74.6 Å². The van der Waals surface area contributed by atoms with Gasteiger partial charge in [-0.2, -0.15) is 4.57 Å². The monoisotopic (exact) mass is 419 g/mol. The zero-order valence-electron chi connectivity index (χ0n) is 17.5. The van der Waals surface area contributed by atoms with E-state index in [0.717, 1.165) is 28.8 Å². The third-order valence-electron chi connectivity index (χ3n) is 5.10. The molecule has 0 bridgehead atoms. The van der Waals surface area contributed by atoms with Gasteiger partial charge >= 0.3 is 0 Å². The first-order valence-corrected chi connectivity index (χ1v) is 10.4. The number of aliphatic hydroxyl groups is 2. The van der Waals surface area contributed by atoms with Gasteiger partial charge < -0.3 is 15.5 Å². The van der Waals surface area contributed by atoms with Crippen LogP contribution in [-0.4, -0.2) is 15.2 Å². The van der Waals surface area contributed by atoms with Crippen LogP contribution in [0.5, 0.6) is 0 Å². The standard InChI is InChI=1S/C25H26N2O2S/c1-4-19-10-12-21(13-11-19)24(29)23(27-14-6-9-20(15-27)16-28)25(30)26-22-17(2)7-5-8-18(22)3/h5-15,28H,4,16H2,1-3H3,(H-,26,29,30)/p+1. The molecule has 0 saturated heterocycles. The average molecular weight is 420 g/mol. The average Bonchev–Trinajstić information content (AvgIpc) is 2.76. The molecule has 5 heteroatoms. The van der Waals surface area contributed by atoms with Crippen molar-refractivity contribution in [2.75, 3.05) is 5.32 Å². The molecule has 154 valence electrons. The largest absolute Gasteiger partial charge is 0.502 e. The molecule has 0 radical (unpaired) electrons. The molecule has 30 heavy (non-hydrogen) atoms. The molecule has 4 nitrogen and oxygen atoms in total. The number of benzene rings is 2. The topological polar surface area (TPSA) is 56.4 Å². The summed E-state index contributed by atoms with van der Waals surface area (Å²) in [4.78, 5) is 0.393. The summed E-state index contributed by atoms with van der Waals surface area (Å²) in [5.41, 5.74) is 6.10. The van der Waals surface area contributed by atoms with E-state index in [4.69, 9.17) is 12.2 Å². The van der Waals surface area contributed by atoms with Crippen molar-refractivity contribution in [1.29, 1.82) is 0 Å². The summed E-state index contributed by atoms with van der Waals surface area (Å²) in [5, 5.41) is 24.1. The summed E-state index contributed by atoms with van der Waals surface area (Å²) in [6, 6.07) is 17.5. The van der Waals surface area contributed by atoms with Crippen LogP contribution >= 0.6 is 12.2 Å². The van der Waals surface area contributed by atoms with E-state index in [0.29, 0.717) is 16.2 Å². The molecule has 0 fully saturated rings. The Bertz CT molecular complexity index is 1070. The number of nitrogens with one attached hydrogen (secondary N) is 1. The number of nitrogens with zero attached hydrogens (tertiary/aromatic N) is 1. The van der Waals surface area contributed by atoms with Crippen LogP contribution in [0.3, 0.4) is 0 Å². The van der Waals surface area contributed by atoms with Gasteiger partial charge in [0.25, 0.3) is 5.70 Å². The maximum Gasteiger partial charge on any atom is 0.288 e. The number of para-hydroxylation sites is 1. The van der Waals surface area contributed by atoms with Crippen molar-refractivity contribution < 1.29 is 14.8 Å². The van der Waals surface area contributed by atoms with Gasteiger partial charge in [-0.3, -0.25) is 0 Å². The van der Waals surface area contributed by atoms with Crippen molar-refractivity contribution in [3.63, 3.8) is 0 Å². The summed E-state index contributed by atoms with van der Waals surface area (Å²) in [5.74, 6) is 0.0708. The Morgan fingerprint density at radius 3 is 2.23 bits per heavy atom. The van der Waals surface area contributed by atoms with E-state index in [-0.39, 0.29) is 12.4 Å². The fourth-order valence-corrected chi connectivity index (χ4v) is 3.63. The molecule has 0 amide bonds. The molecule has 1 aromatic heterocycles. The summed E-state index contributed by atoms with van der Waals surface area (Å²) < 4.78 is 1.75. The van der Waals surface area contributed by atoms with E-state index < -0.39 is 0 Å². The lowest BCUT2D eigenvalue weighted by Gasteiger charge is -2.14. The maximum atomic E-state index is 11.2. The van der Waals surface area contributed by atoms with Crippen LogP contribution in [0.2, 0.25) is 0 Å². The number of aliphatic hydroxyl groups excluding tert-OH is 2. The molecule has 3 N–H and O–H groups in total. The molecule has 1 heterocycles. The van der Waals surface area contributed by atoms with Gasteiger partial charge in [0.2, 0.25) is 0 Å². The summed E-state index contributed by atoms with van der Waals surface area (Å²) in [6.45, 7) is 6.03. The van der Waals surface area contributed by atoms with Crippen molar-refractivity contribution in [3.05, 3.63) is 94.8 Å². The lowest BCUT2D eigenvalue weighted by Crippen LogP contribution is -2.39. The van der Waals surface area contributed by atoms with Gasteiger partial charge in [0.15, 0.2) is 23.1 Å². The van der Waals surface area contributed by atoms with E-state index in [2.05, 4.69) is 12.2 Å². The second kappa shape index (κ2) is 9.65. The smallest absolute Gasteiger partial charge is 0.288 e. The minimum absolute atomic E-state index is 0.0708. The van der Waals surface area contributed by atoms with Crippen LogP contribution in [0.25, 0.3) is 11.5 Å². The molecule has 0 spiro atoms. The van der Waals surface area contributed by atoms with Gasteiger partial charge in [0.1, 0.15) is 0 Å². The fourth-order valence-electron chi connectivity index (χ4n) is 3.32. The minimum atomic E-state index is -0.100. The predicted octanol–water partition coefficient (Wildman–Crippen LogP) is 4.97. The second-order valence-electron chi connectivity index (χ2n) is 7.25. The zero-order valence-corrected chi connectivity index (χ0v) is 18.3.